The Labute approximate surface area is 148 Å². The highest BCUT2D eigenvalue weighted by molar-refractivity contribution is 7.22. The molecular formula is C18H16N2O4S. The molecule has 1 atom stereocenters. The van der Waals surface area contributed by atoms with Crippen molar-refractivity contribution in [3.8, 4) is 11.5 Å². The van der Waals surface area contributed by atoms with E-state index in [-0.39, 0.29) is 0 Å². The Kier molecular flexibility index (Phi) is 3.73. The lowest BCUT2D eigenvalue weighted by molar-refractivity contribution is 0.0435. The summed E-state index contributed by atoms with van der Waals surface area (Å²) in [5.74, 6) is 0.434. The summed E-state index contributed by atoms with van der Waals surface area (Å²) < 4.78 is 17.2. The van der Waals surface area contributed by atoms with E-state index < -0.39 is 12.2 Å². The van der Waals surface area contributed by atoms with Crippen molar-refractivity contribution in [2.45, 2.75) is 13.2 Å². The molecule has 0 saturated carbocycles. The topological polar surface area (TPSA) is 69.7 Å². The minimum absolute atomic E-state index is 0.384. The van der Waals surface area contributed by atoms with E-state index in [1.165, 1.54) is 31.1 Å². The van der Waals surface area contributed by atoms with E-state index in [2.05, 4.69) is 16.4 Å². The molecule has 6 nitrogen and oxygen atoms in total. The molecule has 1 aliphatic heterocycles. The van der Waals surface area contributed by atoms with E-state index in [1.54, 1.807) is 12.1 Å². The van der Waals surface area contributed by atoms with Gasteiger partial charge in [-0.05, 0) is 36.8 Å². The SMILES string of the molecule is COc1ccc2c(c1OC)C(=O)O[C@@H]2Nc1nc2ccc(C)cc2s1. The maximum atomic E-state index is 12.3. The van der Waals surface area contributed by atoms with Crippen LogP contribution in [0.2, 0.25) is 0 Å². The van der Waals surface area contributed by atoms with Crippen LogP contribution in [0, 0.1) is 6.92 Å². The number of benzene rings is 2. The Balaban J connectivity index is 1.70. The quantitative estimate of drug-likeness (QED) is 0.715. The lowest BCUT2D eigenvalue weighted by Gasteiger charge is -2.13. The van der Waals surface area contributed by atoms with Crippen LogP contribution >= 0.6 is 11.3 Å². The van der Waals surface area contributed by atoms with Crippen LogP contribution in [0.15, 0.2) is 30.3 Å². The Morgan fingerprint density at radius 1 is 1.20 bits per heavy atom. The Morgan fingerprint density at radius 2 is 2.04 bits per heavy atom. The second-order valence-corrected chi connectivity index (χ2v) is 6.72. The molecule has 0 aliphatic carbocycles. The third-order valence-electron chi connectivity index (χ3n) is 4.09. The zero-order valence-electron chi connectivity index (χ0n) is 14.0. The van der Waals surface area contributed by atoms with Gasteiger partial charge in [-0.3, -0.25) is 0 Å². The second kappa shape index (κ2) is 5.93. The Bertz CT molecular complexity index is 983. The first-order valence-electron chi connectivity index (χ1n) is 7.70. The van der Waals surface area contributed by atoms with E-state index in [4.69, 9.17) is 14.2 Å². The van der Waals surface area contributed by atoms with Gasteiger partial charge in [0.1, 0.15) is 5.56 Å². The van der Waals surface area contributed by atoms with Crippen molar-refractivity contribution in [2.24, 2.45) is 0 Å². The second-order valence-electron chi connectivity index (χ2n) is 5.69. The molecular weight excluding hydrogens is 340 g/mol. The molecule has 2 heterocycles. The number of methoxy groups -OCH3 is 2. The van der Waals surface area contributed by atoms with Gasteiger partial charge >= 0.3 is 5.97 Å². The Hall–Kier alpha value is -2.80. The van der Waals surface area contributed by atoms with Crippen LogP contribution in [-0.4, -0.2) is 25.2 Å². The molecule has 25 heavy (non-hydrogen) atoms. The van der Waals surface area contributed by atoms with E-state index in [0.717, 1.165) is 10.2 Å². The number of cyclic esters (lactones) is 1. The number of thiazole rings is 1. The fourth-order valence-corrected chi connectivity index (χ4v) is 3.89. The number of esters is 1. The molecule has 0 spiro atoms. The molecule has 0 saturated heterocycles. The number of rotatable bonds is 4. The van der Waals surface area contributed by atoms with Crippen LogP contribution < -0.4 is 14.8 Å². The predicted molar refractivity (Wildman–Crippen MR) is 95.7 cm³/mol. The maximum Gasteiger partial charge on any atom is 0.344 e. The fraction of sp³-hybridized carbons (Fsp3) is 0.222. The third kappa shape index (κ3) is 2.56. The average molecular weight is 356 g/mol. The van der Waals surface area contributed by atoms with E-state index in [0.29, 0.717) is 27.8 Å². The number of anilines is 1. The number of nitrogens with one attached hydrogen (secondary N) is 1. The minimum Gasteiger partial charge on any atom is -0.493 e. The molecule has 0 amide bonds. The van der Waals surface area contributed by atoms with Crippen molar-refractivity contribution >= 4 is 32.7 Å². The van der Waals surface area contributed by atoms with Crippen molar-refractivity contribution in [3.63, 3.8) is 0 Å². The number of aryl methyl sites for hydroxylation is 1. The van der Waals surface area contributed by atoms with E-state index in [9.17, 15) is 4.79 Å². The maximum absolute atomic E-state index is 12.3. The normalized spacial score (nSPS) is 15.8. The molecule has 0 fully saturated rings. The number of carbonyl (C=O) groups excluding carboxylic acids is 1. The first-order valence-corrected chi connectivity index (χ1v) is 8.52. The smallest absolute Gasteiger partial charge is 0.344 e. The van der Waals surface area contributed by atoms with Gasteiger partial charge in [0.2, 0.25) is 6.23 Å². The van der Waals surface area contributed by atoms with Gasteiger partial charge in [0, 0.05) is 5.56 Å². The predicted octanol–water partition coefficient (Wildman–Crippen LogP) is 3.90. The highest BCUT2D eigenvalue weighted by atomic mass is 32.1. The minimum atomic E-state index is -0.607. The zero-order chi connectivity index (χ0) is 17.6. The largest absolute Gasteiger partial charge is 0.493 e. The summed E-state index contributed by atoms with van der Waals surface area (Å²) in [7, 11) is 3.03. The van der Waals surface area contributed by atoms with Gasteiger partial charge in [0.05, 0.1) is 24.4 Å². The monoisotopic (exact) mass is 356 g/mol. The lowest BCUT2D eigenvalue weighted by Crippen LogP contribution is -2.09. The van der Waals surface area contributed by atoms with Crippen molar-refractivity contribution in [1.82, 2.24) is 4.98 Å². The van der Waals surface area contributed by atoms with Gasteiger partial charge < -0.3 is 19.5 Å². The summed E-state index contributed by atoms with van der Waals surface area (Å²) in [6.45, 7) is 2.04. The number of carbonyl (C=O) groups is 1. The van der Waals surface area contributed by atoms with Crippen LogP contribution in [-0.2, 0) is 4.74 Å². The van der Waals surface area contributed by atoms with Gasteiger partial charge in [0.15, 0.2) is 16.6 Å². The summed E-state index contributed by atoms with van der Waals surface area (Å²) in [6, 6.07) is 9.65. The molecule has 128 valence electrons. The number of ether oxygens (including phenoxy) is 3. The van der Waals surface area contributed by atoms with Crippen LogP contribution in [0.5, 0.6) is 11.5 Å². The number of hydrogen-bond donors (Lipinski definition) is 1. The van der Waals surface area contributed by atoms with Gasteiger partial charge in [-0.1, -0.05) is 17.4 Å². The molecule has 4 rings (SSSR count). The van der Waals surface area contributed by atoms with Gasteiger partial charge in [-0.25, -0.2) is 9.78 Å². The van der Waals surface area contributed by atoms with Crippen LogP contribution in [0.3, 0.4) is 0 Å². The third-order valence-corrected chi connectivity index (χ3v) is 5.04. The standard InChI is InChI=1S/C18H16N2O4S/c1-9-4-6-11-13(8-9)25-18(19-11)20-16-10-5-7-12(22-2)15(23-3)14(10)17(21)24-16/h4-8,16H,1-3H3,(H,19,20)/t16-/m0/s1. The summed E-state index contributed by atoms with van der Waals surface area (Å²) in [5.41, 5.74) is 3.18. The summed E-state index contributed by atoms with van der Waals surface area (Å²) in [6.07, 6.45) is -0.607. The van der Waals surface area contributed by atoms with Gasteiger partial charge in [-0.15, -0.1) is 0 Å². The van der Waals surface area contributed by atoms with Gasteiger partial charge in [0.25, 0.3) is 0 Å². The number of aromatic nitrogens is 1. The summed E-state index contributed by atoms with van der Waals surface area (Å²) in [5, 5.41) is 3.89. The number of hydrogen-bond acceptors (Lipinski definition) is 7. The molecule has 0 unspecified atom stereocenters. The molecule has 1 aromatic heterocycles. The van der Waals surface area contributed by atoms with Crippen molar-refractivity contribution in [3.05, 3.63) is 47.0 Å². The van der Waals surface area contributed by atoms with Crippen LogP contribution in [0.4, 0.5) is 5.13 Å². The summed E-state index contributed by atoms with van der Waals surface area (Å²) >= 11 is 1.52. The van der Waals surface area contributed by atoms with Crippen LogP contribution in [0.1, 0.15) is 27.7 Å². The van der Waals surface area contributed by atoms with Crippen LogP contribution in [0.25, 0.3) is 10.2 Å². The van der Waals surface area contributed by atoms with Crippen molar-refractivity contribution in [2.75, 3.05) is 19.5 Å². The highest BCUT2D eigenvalue weighted by Gasteiger charge is 2.36. The first kappa shape index (κ1) is 15.7. The summed E-state index contributed by atoms with van der Waals surface area (Å²) in [4.78, 5) is 16.9. The molecule has 0 bridgehead atoms. The highest BCUT2D eigenvalue weighted by Crippen LogP contribution is 2.42. The lowest BCUT2D eigenvalue weighted by atomic mass is 10.1. The van der Waals surface area contributed by atoms with Crippen molar-refractivity contribution < 1.29 is 19.0 Å². The van der Waals surface area contributed by atoms with E-state index >= 15 is 0 Å². The van der Waals surface area contributed by atoms with Gasteiger partial charge in [-0.2, -0.15) is 0 Å². The fourth-order valence-electron chi connectivity index (χ4n) is 2.91. The average Bonchev–Trinajstić information content (AvgIpc) is 3.14. The van der Waals surface area contributed by atoms with Crippen molar-refractivity contribution in [1.29, 1.82) is 0 Å². The first-order chi connectivity index (χ1) is 12.1. The molecule has 7 heteroatoms. The molecule has 2 aromatic carbocycles. The molecule has 1 aliphatic rings. The van der Waals surface area contributed by atoms with E-state index in [1.807, 2.05) is 19.1 Å². The number of fused-ring (bicyclic) bond motifs is 2. The number of nitrogens with zero attached hydrogens (tertiary/aromatic N) is 1. The molecule has 3 aromatic rings. The Morgan fingerprint density at radius 3 is 2.80 bits per heavy atom. The molecule has 1 N–H and O–H groups in total. The zero-order valence-corrected chi connectivity index (χ0v) is 14.8. The molecule has 0 radical (unpaired) electrons.